The van der Waals surface area contributed by atoms with E-state index < -0.39 is 6.09 Å². The maximum absolute atomic E-state index is 12.5. The van der Waals surface area contributed by atoms with E-state index >= 15 is 0 Å². The van der Waals surface area contributed by atoms with E-state index in [1.165, 1.54) is 11.0 Å². The molecule has 3 amide bonds. The van der Waals surface area contributed by atoms with Gasteiger partial charge in [-0.25, -0.2) is 4.79 Å². The first-order valence-corrected chi connectivity index (χ1v) is 8.55. The van der Waals surface area contributed by atoms with Gasteiger partial charge in [0.15, 0.2) is 0 Å². The summed E-state index contributed by atoms with van der Waals surface area (Å²) in [5.41, 5.74) is 2.57. The zero-order valence-electron chi connectivity index (χ0n) is 15.6. The van der Waals surface area contributed by atoms with Crippen LogP contribution in [-0.4, -0.2) is 43.0 Å². The van der Waals surface area contributed by atoms with Gasteiger partial charge in [-0.3, -0.25) is 14.9 Å². The quantitative estimate of drug-likeness (QED) is 0.818. The van der Waals surface area contributed by atoms with Gasteiger partial charge in [0, 0.05) is 24.0 Å². The average molecular weight is 369 g/mol. The highest BCUT2D eigenvalue weighted by atomic mass is 16.5. The van der Waals surface area contributed by atoms with Crippen LogP contribution >= 0.6 is 0 Å². The molecule has 0 atom stereocenters. The van der Waals surface area contributed by atoms with E-state index in [2.05, 4.69) is 10.6 Å². The molecule has 0 saturated carbocycles. The maximum atomic E-state index is 12.5. The minimum atomic E-state index is -0.590. The van der Waals surface area contributed by atoms with Crippen molar-refractivity contribution in [2.45, 2.75) is 13.8 Å². The van der Waals surface area contributed by atoms with Crippen LogP contribution in [0.3, 0.4) is 0 Å². The van der Waals surface area contributed by atoms with Gasteiger partial charge < -0.3 is 15.0 Å². The highest BCUT2D eigenvalue weighted by molar-refractivity contribution is 6.00. The molecule has 0 bridgehead atoms. The summed E-state index contributed by atoms with van der Waals surface area (Å²) in [5, 5.41) is 5.30. The van der Waals surface area contributed by atoms with Gasteiger partial charge >= 0.3 is 6.09 Å². The van der Waals surface area contributed by atoms with Gasteiger partial charge in [-0.1, -0.05) is 23.8 Å². The summed E-state index contributed by atoms with van der Waals surface area (Å²) in [5.74, 6) is -0.628. The van der Waals surface area contributed by atoms with Crippen molar-refractivity contribution in [2.75, 3.05) is 30.8 Å². The lowest BCUT2D eigenvalue weighted by Gasteiger charge is -2.17. The van der Waals surface area contributed by atoms with Gasteiger partial charge in [0.1, 0.15) is 0 Å². The summed E-state index contributed by atoms with van der Waals surface area (Å²) in [6, 6.07) is 13.9. The Morgan fingerprint density at radius 3 is 2.37 bits per heavy atom. The molecule has 0 fully saturated rings. The lowest BCUT2D eigenvalue weighted by molar-refractivity contribution is -0.116. The molecule has 2 aromatic carbocycles. The van der Waals surface area contributed by atoms with Crippen molar-refractivity contribution in [1.29, 1.82) is 0 Å². The summed E-state index contributed by atoms with van der Waals surface area (Å²) in [6.45, 7) is 3.82. The fourth-order valence-electron chi connectivity index (χ4n) is 2.36. The van der Waals surface area contributed by atoms with E-state index in [1.54, 1.807) is 44.3 Å². The van der Waals surface area contributed by atoms with Crippen LogP contribution in [0, 0.1) is 6.92 Å². The molecule has 0 aliphatic carbocycles. The maximum Gasteiger partial charge on any atom is 0.411 e. The zero-order chi connectivity index (χ0) is 19.8. The van der Waals surface area contributed by atoms with E-state index in [9.17, 15) is 14.4 Å². The minimum Gasteiger partial charge on any atom is -0.450 e. The fourth-order valence-corrected chi connectivity index (χ4v) is 2.36. The Bertz CT molecular complexity index is 818. The number of nitrogens with one attached hydrogen (secondary N) is 2. The standard InChI is InChI=1S/C20H23N3O4/c1-4-27-20(26)22-17-7-5-6-15(12-17)19(25)23(3)13-18(24)21-16-10-8-14(2)9-11-16/h5-12H,4,13H2,1-3H3,(H,21,24)(H,22,26). The van der Waals surface area contributed by atoms with Crippen LogP contribution in [0.2, 0.25) is 0 Å². The second-order valence-electron chi connectivity index (χ2n) is 6.00. The summed E-state index contributed by atoms with van der Waals surface area (Å²) in [6.07, 6.45) is -0.590. The molecule has 0 aliphatic rings. The first kappa shape index (κ1) is 20.0. The Morgan fingerprint density at radius 2 is 1.70 bits per heavy atom. The van der Waals surface area contributed by atoms with Crippen LogP contribution in [0.5, 0.6) is 0 Å². The number of amides is 3. The van der Waals surface area contributed by atoms with Gasteiger partial charge in [0.2, 0.25) is 5.91 Å². The Morgan fingerprint density at radius 1 is 1.00 bits per heavy atom. The molecule has 2 N–H and O–H groups in total. The molecule has 142 valence electrons. The van der Waals surface area contributed by atoms with Crippen molar-refractivity contribution in [3.63, 3.8) is 0 Å². The van der Waals surface area contributed by atoms with Crippen LogP contribution in [0.25, 0.3) is 0 Å². The number of rotatable bonds is 6. The topological polar surface area (TPSA) is 87.7 Å². The summed E-state index contributed by atoms with van der Waals surface area (Å²) >= 11 is 0. The number of benzene rings is 2. The normalized spacial score (nSPS) is 10.0. The number of carbonyl (C=O) groups excluding carboxylic acids is 3. The summed E-state index contributed by atoms with van der Waals surface area (Å²) in [7, 11) is 1.54. The van der Waals surface area contributed by atoms with E-state index in [1.807, 2.05) is 19.1 Å². The molecular formula is C20H23N3O4. The number of hydrogen-bond donors (Lipinski definition) is 2. The van der Waals surface area contributed by atoms with Gasteiger partial charge in [0.25, 0.3) is 5.91 Å². The van der Waals surface area contributed by atoms with Crippen molar-refractivity contribution < 1.29 is 19.1 Å². The molecular weight excluding hydrogens is 346 g/mol. The largest absolute Gasteiger partial charge is 0.450 e. The van der Waals surface area contributed by atoms with Gasteiger partial charge in [0.05, 0.1) is 13.2 Å². The average Bonchev–Trinajstić information content (AvgIpc) is 2.63. The van der Waals surface area contributed by atoms with Crippen LogP contribution in [0.15, 0.2) is 48.5 Å². The molecule has 0 aromatic heterocycles. The molecule has 0 unspecified atom stereocenters. The Labute approximate surface area is 158 Å². The molecule has 2 rings (SSSR count). The second-order valence-corrected chi connectivity index (χ2v) is 6.00. The van der Waals surface area contributed by atoms with Gasteiger partial charge in [-0.15, -0.1) is 0 Å². The molecule has 0 radical (unpaired) electrons. The monoisotopic (exact) mass is 369 g/mol. The molecule has 7 nitrogen and oxygen atoms in total. The van der Waals surface area contributed by atoms with E-state index in [0.717, 1.165) is 5.56 Å². The Kier molecular flexibility index (Phi) is 6.93. The molecule has 7 heteroatoms. The minimum absolute atomic E-state index is 0.0950. The molecule has 0 heterocycles. The lowest BCUT2D eigenvalue weighted by Crippen LogP contribution is -2.35. The summed E-state index contributed by atoms with van der Waals surface area (Å²) in [4.78, 5) is 37.5. The van der Waals surface area contributed by atoms with Crippen molar-refractivity contribution in [3.05, 3.63) is 59.7 Å². The molecule has 0 aliphatic heterocycles. The van der Waals surface area contributed by atoms with Crippen molar-refractivity contribution >= 4 is 29.3 Å². The van der Waals surface area contributed by atoms with Crippen LogP contribution < -0.4 is 10.6 Å². The van der Waals surface area contributed by atoms with Crippen molar-refractivity contribution in [3.8, 4) is 0 Å². The second kappa shape index (κ2) is 9.38. The van der Waals surface area contributed by atoms with Crippen LogP contribution in [0.4, 0.5) is 16.2 Å². The third-order valence-corrected chi connectivity index (χ3v) is 3.69. The third-order valence-electron chi connectivity index (χ3n) is 3.69. The number of nitrogens with zero attached hydrogens (tertiary/aromatic N) is 1. The van der Waals surface area contributed by atoms with Crippen LogP contribution in [-0.2, 0) is 9.53 Å². The molecule has 0 spiro atoms. The smallest absolute Gasteiger partial charge is 0.411 e. The number of carbonyl (C=O) groups is 3. The predicted octanol–water partition coefficient (Wildman–Crippen LogP) is 3.27. The van der Waals surface area contributed by atoms with Crippen LogP contribution in [0.1, 0.15) is 22.8 Å². The molecule has 2 aromatic rings. The lowest BCUT2D eigenvalue weighted by atomic mass is 10.1. The SMILES string of the molecule is CCOC(=O)Nc1cccc(C(=O)N(C)CC(=O)Nc2ccc(C)cc2)c1. The first-order chi connectivity index (χ1) is 12.9. The Hall–Kier alpha value is -3.35. The van der Waals surface area contributed by atoms with Gasteiger partial charge in [-0.2, -0.15) is 0 Å². The van der Waals surface area contributed by atoms with E-state index in [-0.39, 0.29) is 25.0 Å². The predicted molar refractivity (Wildman–Crippen MR) is 104 cm³/mol. The number of anilines is 2. The number of likely N-dealkylation sites (N-methyl/N-ethyl adjacent to an activating group) is 1. The zero-order valence-corrected chi connectivity index (χ0v) is 15.6. The van der Waals surface area contributed by atoms with E-state index in [0.29, 0.717) is 16.9 Å². The first-order valence-electron chi connectivity index (χ1n) is 8.55. The highest BCUT2D eigenvalue weighted by Crippen LogP contribution is 2.13. The highest BCUT2D eigenvalue weighted by Gasteiger charge is 2.16. The van der Waals surface area contributed by atoms with Crippen molar-refractivity contribution in [1.82, 2.24) is 4.90 Å². The van der Waals surface area contributed by atoms with Gasteiger partial charge in [-0.05, 0) is 44.2 Å². The number of hydrogen-bond acceptors (Lipinski definition) is 4. The third kappa shape index (κ3) is 6.14. The molecule has 0 saturated heterocycles. The molecule has 27 heavy (non-hydrogen) atoms. The summed E-state index contributed by atoms with van der Waals surface area (Å²) < 4.78 is 4.81. The van der Waals surface area contributed by atoms with Crippen molar-refractivity contribution in [2.24, 2.45) is 0 Å². The van der Waals surface area contributed by atoms with E-state index in [4.69, 9.17) is 4.74 Å². The number of ether oxygens (including phenoxy) is 1. The number of aryl methyl sites for hydroxylation is 1. The Balaban J connectivity index is 1.96. The fraction of sp³-hybridized carbons (Fsp3) is 0.250.